The van der Waals surface area contributed by atoms with Gasteiger partial charge in [-0.1, -0.05) is 0 Å². The Hall–Kier alpha value is 1.39. The van der Waals surface area contributed by atoms with E-state index in [0.717, 1.165) is 0 Å². The van der Waals surface area contributed by atoms with Crippen LogP contribution in [-0.2, 0) is 9.59 Å². The number of hydrogen-bond acceptors (Lipinski definition) is 2. The molecule has 0 amide bonds. The van der Waals surface area contributed by atoms with Crippen molar-refractivity contribution in [3.8, 4) is 0 Å². The number of carboxylic acids is 2. The van der Waals surface area contributed by atoms with E-state index in [0.29, 0.717) is 0 Å². The van der Waals surface area contributed by atoms with E-state index in [1.807, 2.05) is 0 Å². The van der Waals surface area contributed by atoms with Crippen LogP contribution in [-0.4, -0.2) is 46.6 Å². The minimum atomic E-state index is -1.82. The molecule has 0 aromatic heterocycles. The van der Waals surface area contributed by atoms with Gasteiger partial charge in [-0.2, -0.15) is 0 Å². The van der Waals surface area contributed by atoms with Crippen LogP contribution < -0.4 is 51.4 Å². The van der Waals surface area contributed by atoms with E-state index in [2.05, 4.69) is 0 Å². The zero-order chi connectivity index (χ0) is 5.15. The molecule has 0 spiro atoms. The maximum atomic E-state index is 9.10. The maximum absolute atomic E-state index is 9.10. The molecule has 4 nitrogen and oxygen atoms in total. The van der Waals surface area contributed by atoms with Gasteiger partial charge in [-0.05, 0) is 0 Å². The third kappa shape index (κ3) is 10.4. The summed E-state index contributed by atoms with van der Waals surface area (Å²) in [4.78, 5) is 18.2. The average molecular weight is 252 g/mol. The first-order valence-corrected chi connectivity index (χ1v) is 1.11. The van der Waals surface area contributed by atoms with E-state index >= 15 is 0 Å². The molecule has 0 unspecified atom stereocenters. The number of aliphatic carboxylic acids is 2. The molecule has 0 atom stereocenters. The molecule has 0 aliphatic heterocycles. The molecule has 0 rings (SSSR count). The molecule has 8 heavy (non-hydrogen) atoms. The Morgan fingerprint density at radius 3 is 1.25 bits per heavy atom. The SMILES string of the molecule is O=C(O)C(=O)O.[H-].[K+].[Sb]. The summed E-state index contributed by atoms with van der Waals surface area (Å²) in [6.45, 7) is 0. The monoisotopic (exact) mass is 251 g/mol. The number of rotatable bonds is 0. The summed E-state index contributed by atoms with van der Waals surface area (Å²) < 4.78 is 0. The van der Waals surface area contributed by atoms with E-state index in [9.17, 15) is 0 Å². The zero-order valence-electron chi connectivity index (χ0n) is 5.16. The largest absolute Gasteiger partial charge is 1.00 e. The normalized spacial score (nSPS) is 5.50. The van der Waals surface area contributed by atoms with Crippen molar-refractivity contribution in [3.05, 3.63) is 0 Å². The van der Waals surface area contributed by atoms with Gasteiger partial charge >= 0.3 is 63.3 Å². The van der Waals surface area contributed by atoms with Crippen LogP contribution in [0, 0.1) is 0 Å². The first kappa shape index (κ1) is 16.2. The van der Waals surface area contributed by atoms with Gasteiger partial charge in [-0.3, -0.25) is 0 Å². The van der Waals surface area contributed by atoms with E-state index in [1.165, 1.54) is 0 Å². The minimum absolute atomic E-state index is 0. The molecule has 0 aliphatic rings. The predicted molar refractivity (Wildman–Crippen MR) is 22.1 cm³/mol. The molecular weight excluding hydrogens is 249 g/mol. The van der Waals surface area contributed by atoms with Crippen molar-refractivity contribution in [1.82, 2.24) is 0 Å². The molecule has 2 N–H and O–H groups in total. The Labute approximate surface area is 107 Å². The fourth-order valence-corrected chi connectivity index (χ4v) is 0. The van der Waals surface area contributed by atoms with Gasteiger partial charge < -0.3 is 11.6 Å². The smallest absolute Gasteiger partial charge is 1.00 e. The third-order valence-electron chi connectivity index (χ3n) is 0.183. The van der Waals surface area contributed by atoms with Crippen LogP contribution in [0.25, 0.3) is 0 Å². The van der Waals surface area contributed by atoms with Crippen LogP contribution in [0.5, 0.6) is 0 Å². The van der Waals surface area contributed by atoms with Gasteiger partial charge in [0.15, 0.2) is 0 Å². The van der Waals surface area contributed by atoms with Gasteiger partial charge in [-0.25, -0.2) is 9.59 Å². The molecule has 0 aliphatic carbocycles. The molecule has 41 valence electrons. The molecule has 0 saturated heterocycles. The van der Waals surface area contributed by atoms with Gasteiger partial charge in [0.1, 0.15) is 0 Å². The Kier molecular flexibility index (Phi) is 17.0. The van der Waals surface area contributed by atoms with Crippen LogP contribution in [0.4, 0.5) is 0 Å². The number of hydrogen-bond donors (Lipinski definition) is 2. The summed E-state index contributed by atoms with van der Waals surface area (Å²) >= 11 is 0. The second-order valence-corrected chi connectivity index (χ2v) is 0.610. The zero-order valence-corrected chi connectivity index (χ0v) is 9.83. The quantitative estimate of drug-likeness (QED) is 0.339. The van der Waals surface area contributed by atoms with Crippen LogP contribution in [0.15, 0.2) is 0 Å². The van der Waals surface area contributed by atoms with E-state index in [1.54, 1.807) is 0 Å². The van der Waals surface area contributed by atoms with Gasteiger partial charge in [0.2, 0.25) is 0 Å². The Morgan fingerprint density at radius 2 is 1.25 bits per heavy atom. The Bertz CT molecular complexity index is 84.6. The molecule has 0 aromatic carbocycles. The predicted octanol–water partition coefficient (Wildman–Crippen LogP) is -4.11. The van der Waals surface area contributed by atoms with Crippen molar-refractivity contribution in [3.63, 3.8) is 0 Å². The summed E-state index contributed by atoms with van der Waals surface area (Å²) in [6, 6.07) is 0. The number of carbonyl (C=O) groups is 2. The summed E-state index contributed by atoms with van der Waals surface area (Å²) in [6.07, 6.45) is 0. The Morgan fingerprint density at radius 1 is 1.12 bits per heavy atom. The molecular formula is C2H3KO4Sb. The molecule has 0 fully saturated rings. The van der Waals surface area contributed by atoms with Crippen molar-refractivity contribution in [2.75, 3.05) is 0 Å². The third-order valence-corrected chi connectivity index (χ3v) is 0.183. The topological polar surface area (TPSA) is 74.6 Å². The van der Waals surface area contributed by atoms with E-state index < -0.39 is 11.9 Å². The van der Waals surface area contributed by atoms with Crippen molar-refractivity contribution >= 4 is 36.4 Å². The van der Waals surface area contributed by atoms with Gasteiger partial charge in [0, 0.05) is 24.4 Å². The fourth-order valence-electron chi connectivity index (χ4n) is 0. The summed E-state index contributed by atoms with van der Waals surface area (Å²) in [5, 5.41) is 14.8. The van der Waals surface area contributed by atoms with Crippen LogP contribution in [0.2, 0.25) is 0 Å². The van der Waals surface area contributed by atoms with Crippen LogP contribution in [0.3, 0.4) is 0 Å². The minimum Gasteiger partial charge on any atom is -1.00 e. The van der Waals surface area contributed by atoms with Gasteiger partial charge in [0.25, 0.3) is 0 Å². The standard InChI is InChI=1S/C2H2O4.K.Sb.H/c3-1(4)2(5)6;;;/h(H,3,4)(H,5,6);;;/q;+1;;-1. The second-order valence-electron chi connectivity index (χ2n) is 0.610. The molecule has 3 radical (unpaired) electrons. The van der Waals surface area contributed by atoms with Gasteiger partial charge in [-0.15, -0.1) is 0 Å². The summed E-state index contributed by atoms with van der Waals surface area (Å²) in [5.41, 5.74) is 0. The van der Waals surface area contributed by atoms with Crippen molar-refractivity contribution < 1.29 is 72.6 Å². The van der Waals surface area contributed by atoms with E-state index in [-0.39, 0.29) is 77.2 Å². The molecule has 6 heteroatoms. The van der Waals surface area contributed by atoms with Crippen LogP contribution >= 0.6 is 0 Å². The summed E-state index contributed by atoms with van der Waals surface area (Å²) in [7, 11) is 0. The van der Waals surface area contributed by atoms with Crippen molar-refractivity contribution in [1.29, 1.82) is 0 Å². The molecule has 0 aromatic rings. The van der Waals surface area contributed by atoms with Gasteiger partial charge in [0.05, 0.1) is 0 Å². The molecule has 0 saturated carbocycles. The average Bonchev–Trinajstić information content (AvgIpc) is 1.36. The Balaban J connectivity index is -0.0000000417. The fraction of sp³-hybridized carbons (Fsp3) is 0. The van der Waals surface area contributed by atoms with Crippen LogP contribution in [0.1, 0.15) is 1.43 Å². The first-order chi connectivity index (χ1) is 2.64. The number of carboxylic acid groups (broad SMARTS) is 2. The second kappa shape index (κ2) is 8.39. The van der Waals surface area contributed by atoms with E-state index in [4.69, 9.17) is 19.8 Å². The molecule has 0 heterocycles. The first-order valence-electron chi connectivity index (χ1n) is 1.11. The summed E-state index contributed by atoms with van der Waals surface area (Å²) in [5.74, 6) is -3.65. The van der Waals surface area contributed by atoms with Crippen molar-refractivity contribution in [2.45, 2.75) is 0 Å². The molecule has 0 bridgehead atoms. The maximum Gasteiger partial charge on any atom is 1.00 e. The van der Waals surface area contributed by atoms with Crippen molar-refractivity contribution in [2.24, 2.45) is 0 Å².